The van der Waals surface area contributed by atoms with Gasteiger partial charge >= 0.3 is 13.8 Å². The SMILES string of the molecule is CC\C=C/C=C/C=C/C=C\C=C\C=C\CCCCCC(=O)NC(COP(=O)(O)OCC[N+](C)(C)C)C(/C=C/CCCCCCCCCCCCC)OC(=O)CCC/C=C\C/C=C\C/C=C\C/C=C\CCCCC. The topological polar surface area (TPSA) is 111 Å². The van der Waals surface area contributed by atoms with Crippen molar-refractivity contribution in [3.05, 3.63) is 134 Å². The highest BCUT2D eigenvalue weighted by Crippen LogP contribution is 2.43. The second kappa shape index (κ2) is 51.6. The van der Waals surface area contributed by atoms with E-state index in [1.54, 1.807) is 0 Å². The standard InChI is InChI=1S/C63H105N2O7P/c1-7-10-13-16-19-22-25-28-30-32-34-37-40-43-46-49-52-55-62(66)64-60(59-71-73(68,69)70-58-57-65(4,5)6)61(54-51-48-45-42-39-36-27-24-21-18-15-12-9-3)72-63(67)56-53-50-47-44-41-38-35-33-31-29-26-23-20-17-14-11-8-2/h10,13,16,19-20,22-23,25,28-32,34-35,37-38,40,44,47,51,54,60-61H,7-9,11-12,14-15,17-18,21,24,26-27,33,36,39,41-43,45-46,48-50,52-53,55-59H2,1-6H3,(H-,64,66,68,69)/p+1/b13-10-,19-16+,23-20-,25-22+,30-28-,31-29-,34-32+,38-35-,40-37+,47-44-,54-51+. The van der Waals surface area contributed by atoms with E-state index < -0.39 is 25.9 Å². The fourth-order valence-electron chi connectivity index (χ4n) is 7.31. The predicted molar refractivity (Wildman–Crippen MR) is 313 cm³/mol. The van der Waals surface area contributed by atoms with Crippen molar-refractivity contribution in [3.63, 3.8) is 0 Å². The van der Waals surface area contributed by atoms with Gasteiger partial charge in [0.25, 0.3) is 0 Å². The molecule has 0 saturated carbocycles. The Morgan fingerprint density at radius 2 is 0.945 bits per heavy atom. The minimum Gasteiger partial charge on any atom is -0.456 e. The first-order chi connectivity index (χ1) is 35.4. The Balaban J connectivity index is 5.58. The Morgan fingerprint density at radius 3 is 1.49 bits per heavy atom. The van der Waals surface area contributed by atoms with Gasteiger partial charge in [0.2, 0.25) is 5.91 Å². The summed E-state index contributed by atoms with van der Waals surface area (Å²) in [7, 11) is 1.41. The highest BCUT2D eigenvalue weighted by Gasteiger charge is 2.30. The quantitative estimate of drug-likeness (QED) is 0.0156. The number of carbonyl (C=O) groups is 2. The molecular weight excluding hydrogens is 928 g/mol. The largest absolute Gasteiger partial charge is 0.472 e. The van der Waals surface area contributed by atoms with Crippen LogP contribution in [0.15, 0.2) is 134 Å². The molecule has 0 fully saturated rings. The lowest BCUT2D eigenvalue weighted by molar-refractivity contribution is -0.870. The van der Waals surface area contributed by atoms with Gasteiger partial charge in [-0.05, 0) is 89.5 Å². The number of quaternary nitrogens is 1. The summed E-state index contributed by atoms with van der Waals surface area (Å²) in [6.07, 6.45) is 73.1. The summed E-state index contributed by atoms with van der Waals surface area (Å²) in [5, 5.41) is 3.00. The van der Waals surface area contributed by atoms with Crippen LogP contribution < -0.4 is 5.32 Å². The summed E-state index contributed by atoms with van der Waals surface area (Å²) >= 11 is 0. The number of phosphoric acid groups is 1. The maximum absolute atomic E-state index is 13.5. The van der Waals surface area contributed by atoms with E-state index >= 15 is 0 Å². The van der Waals surface area contributed by atoms with Gasteiger partial charge in [0.1, 0.15) is 19.3 Å². The number of esters is 1. The number of carbonyl (C=O) groups excluding carboxylic acids is 2. The molecule has 0 heterocycles. The first-order valence-electron chi connectivity index (χ1n) is 28.6. The summed E-state index contributed by atoms with van der Waals surface area (Å²) in [4.78, 5) is 37.6. The molecule has 9 nitrogen and oxygen atoms in total. The third-order valence-corrected chi connectivity index (χ3v) is 12.7. The summed E-state index contributed by atoms with van der Waals surface area (Å²) in [6.45, 7) is 6.73. The average molecular weight is 1030 g/mol. The molecule has 73 heavy (non-hydrogen) atoms. The Hall–Kier alpha value is -3.85. The van der Waals surface area contributed by atoms with Crippen LogP contribution in [0, 0.1) is 0 Å². The average Bonchev–Trinajstić information content (AvgIpc) is 3.35. The van der Waals surface area contributed by atoms with Gasteiger partial charge < -0.3 is 19.4 Å². The number of nitrogens with one attached hydrogen (secondary N) is 1. The molecule has 0 aromatic rings. The molecule has 0 rings (SSSR count). The highest BCUT2D eigenvalue weighted by molar-refractivity contribution is 7.47. The smallest absolute Gasteiger partial charge is 0.456 e. The van der Waals surface area contributed by atoms with Crippen LogP contribution in [-0.2, 0) is 27.9 Å². The van der Waals surface area contributed by atoms with Crippen molar-refractivity contribution in [2.24, 2.45) is 0 Å². The van der Waals surface area contributed by atoms with Crippen molar-refractivity contribution in [2.45, 2.75) is 213 Å². The van der Waals surface area contributed by atoms with E-state index in [0.717, 1.165) is 70.6 Å². The second-order valence-electron chi connectivity index (χ2n) is 19.9. The fourth-order valence-corrected chi connectivity index (χ4v) is 8.05. The molecule has 0 aliphatic heterocycles. The molecule has 0 aliphatic rings. The molecular formula is C63H106N2O7P+. The third-order valence-electron chi connectivity index (χ3n) is 11.7. The number of hydrogen-bond acceptors (Lipinski definition) is 6. The van der Waals surface area contributed by atoms with Gasteiger partial charge in [-0.15, -0.1) is 0 Å². The van der Waals surface area contributed by atoms with Gasteiger partial charge in [0.15, 0.2) is 0 Å². The van der Waals surface area contributed by atoms with Crippen molar-refractivity contribution in [1.29, 1.82) is 0 Å². The van der Waals surface area contributed by atoms with Gasteiger partial charge in [0, 0.05) is 12.8 Å². The molecule has 0 bridgehead atoms. The Kier molecular flexibility index (Phi) is 48.9. The first kappa shape index (κ1) is 69.2. The number of hydrogen-bond donors (Lipinski definition) is 2. The highest BCUT2D eigenvalue weighted by atomic mass is 31.2. The van der Waals surface area contributed by atoms with Crippen molar-refractivity contribution < 1.29 is 37.3 Å². The van der Waals surface area contributed by atoms with Crippen molar-refractivity contribution >= 4 is 19.7 Å². The summed E-state index contributed by atoms with van der Waals surface area (Å²) in [5.74, 6) is -0.634. The monoisotopic (exact) mass is 1030 g/mol. The van der Waals surface area contributed by atoms with Gasteiger partial charge in [-0.2, -0.15) is 0 Å². The molecule has 2 N–H and O–H groups in total. The summed E-state index contributed by atoms with van der Waals surface area (Å²) < 4.78 is 30.5. The summed E-state index contributed by atoms with van der Waals surface area (Å²) in [6, 6.07) is -0.903. The lowest BCUT2D eigenvalue weighted by Gasteiger charge is -2.27. The zero-order chi connectivity index (χ0) is 53.6. The van der Waals surface area contributed by atoms with Crippen LogP contribution >= 0.6 is 7.82 Å². The van der Waals surface area contributed by atoms with E-state index in [0.29, 0.717) is 23.9 Å². The fraction of sp³-hybridized carbons (Fsp3) is 0.619. The molecule has 0 spiro atoms. The molecule has 414 valence electrons. The van der Waals surface area contributed by atoms with Crippen LogP contribution in [0.2, 0.25) is 0 Å². The lowest BCUT2D eigenvalue weighted by Crippen LogP contribution is -2.47. The van der Waals surface area contributed by atoms with Crippen LogP contribution in [0.1, 0.15) is 201 Å². The number of nitrogens with zero attached hydrogens (tertiary/aromatic N) is 1. The minimum atomic E-state index is -4.48. The van der Waals surface area contributed by atoms with Crippen molar-refractivity contribution in [2.75, 3.05) is 40.9 Å². The van der Waals surface area contributed by atoms with Crippen molar-refractivity contribution in [3.8, 4) is 0 Å². The number of ether oxygens (including phenoxy) is 1. The van der Waals surface area contributed by atoms with Crippen LogP contribution in [0.4, 0.5) is 0 Å². The Morgan fingerprint density at radius 1 is 0.507 bits per heavy atom. The van der Waals surface area contributed by atoms with Crippen LogP contribution in [-0.4, -0.2) is 74.3 Å². The molecule has 0 saturated heterocycles. The molecule has 0 radical (unpaired) electrons. The van der Waals surface area contributed by atoms with E-state index in [4.69, 9.17) is 13.8 Å². The molecule has 10 heteroatoms. The van der Waals surface area contributed by atoms with E-state index in [9.17, 15) is 19.0 Å². The number of rotatable bonds is 49. The van der Waals surface area contributed by atoms with Gasteiger partial charge in [-0.1, -0.05) is 232 Å². The van der Waals surface area contributed by atoms with E-state index in [2.05, 4.69) is 86.8 Å². The number of unbranched alkanes of at least 4 members (excludes halogenated alkanes) is 18. The maximum Gasteiger partial charge on any atom is 0.472 e. The number of amides is 1. The molecule has 3 atom stereocenters. The van der Waals surface area contributed by atoms with Crippen LogP contribution in [0.25, 0.3) is 0 Å². The van der Waals surface area contributed by atoms with Crippen LogP contribution in [0.5, 0.6) is 0 Å². The van der Waals surface area contributed by atoms with Gasteiger partial charge in [0.05, 0.1) is 33.8 Å². The molecule has 1 amide bonds. The van der Waals surface area contributed by atoms with E-state index in [-0.39, 0.29) is 32.0 Å². The molecule has 3 unspecified atom stereocenters. The zero-order valence-corrected chi connectivity index (χ0v) is 48.0. The third kappa shape index (κ3) is 52.8. The maximum atomic E-state index is 13.5. The first-order valence-corrected chi connectivity index (χ1v) is 30.1. The Labute approximate surface area is 447 Å². The Bertz CT molecular complexity index is 1710. The lowest BCUT2D eigenvalue weighted by atomic mass is 10.0. The second-order valence-corrected chi connectivity index (χ2v) is 21.3. The van der Waals surface area contributed by atoms with E-state index in [1.165, 1.54) is 83.5 Å². The number of phosphoric ester groups is 1. The number of likely N-dealkylation sites (N-methyl/N-ethyl adjacent to an activating group) is 1. The van der Waals surface area contributed by atoms with Crippen LogP contribution in [0.3, 0.4) is 0 Å². The predicted octanol–water partition coefficient (Wildman–Crippen LogP) is 17.3. The normalized spacial score (nSPS) is 14.8. The summed E-state index contributed by atoms with van der Waals surface area (Å²) in [5.41, 5.74) is 0. The van der Waals surface area contributed by atoms with Gasteiger partial charge in [-0.3, -0.25) is 18.6 Å². The number of allylic oxidation sites excluding steroid dienone is 21. The van der Waals surface area contributed by atoms with Gasteiger partial charge in [-0.25, -0.2) is 4.57 Å². The molecule has 0 aromatic carbocycles. The van der Waals surface area contributed by atoms with E-state index in [1.807, 2.05) is 94.1 Å². The molecule has 0 aliphatic carbocycles. The zero-order valence-electron chi connectivity index (χ0n) is 47.1. The van der Waals surface area contributed by atoms with Crippen molar-refractivity contribution in [1.82, 2.24) is 5.32 Å². The molecule has 0 aromatic heterocycles. The minimum absolute atomic E-state index is 0.0147.